The summed E-state index contributed by atoms with van der Waals surface area (Å²) in [6.07, 6.45) is 4.17. The molecule has 1 aliphatic heterocycles. The Morgan fingerprint density at radius 1 is 1.39 bits per heavy atom. The first-order chi connectivity index (χ1) is 8.76. The minimum atomic E-state index is 0.239. The summed E-state index contributed by atoms with van der Waals surface area (Å²) in [6.45, 7) is 4.76. The van der Waals surface area contributed by atoms with Crippen LogP contribution >= 0.6 is 0 Å². The lowest BCUT2D eigenvalue weighted by Crippen LogP contribution is -2.31. The maximum Gasteiger partial charge on any atom is 0.161 e. The molecular weight excluding hydrogens is 226 g/mol. The van der Waals surface area contributed by atoms with E-state index in [4.69, 9.17) is 4.74 Å². The number of nitrogens with zero attached hydrogens (tertiary/aromatic N) is 1. The van der Waals surface area contributed by atoms with Crippen molar-refractivity contribution in [3.63, 3.8) is 0 Å². The van der Waals surface area contributed by atoms with Gasteiger partial charge in [-0.05, 0) is 49.8 Å². The van der Waals surface area contributed by atoms with E-state index in [-0.39, 0.29) is 5.75 Å². The van der Waals surface area contributed by atoms with Crippen LogP contribution < -0.4 is 4.74 Å². The predicted octanol–water partition coefficient (Wildman–Crippen LogP) is 2.78. The second-order valence-electron chi connectivity index (χ2n) is 5.50. The molecule has 3 heteroatoms. The third kappa shape index (κ3) is 2.19. The maximum absolute atomic E-state index is 9.69. The van der Waals surface area contributed by atoms with E-state index in [1.807, 2.05) is 19.1 Å². The molecule has 2 unspecified atom stereocenters. The monoisotopic (exact) mass is 247 g/mol. The van der Waals surface area contributed by atoms with E-state index in [0.717, 1.165) is 18.5 Å². The molecule has 2 fully saturated rings. The van der Waals surface area contributed by atoms with Crippen LogP contribution in [0.25, 0.3) is 0 Å². The van der Waals surface area contributed by atoms with Crippen LogP contribution in [0.4, 0.5) is 0 Å². The van der Waals surface area contributed by atoms with E-state index in [1.54, 1.807) is 6.07 Å². The third-order valence-electron chi connectivity index (χ3n) is 4.23. The van der Waals surface area contributed by atoms with E-state index in [9.17, 15) is 5.11 Å². The van der Waals surface area contributed by atoms with Gasteiger partial charge in [-0.15, -0.1) is 0 Å². The molecule has 98 valence electrons. The fraction of sp³-hybridized carbons (Fsp3) is 0.600. The molecule has 0 spiro atoms. The van der Waals surface area contributed by atoms with Crippen LogP contribution in [-0.4, -0.2) is 29.2 Å². The van der Waals surface area contributed by atoms with Crippen molar-refractivity contribution in [2.45, 2.75) is 38.8 Å². The standard InChI is InChI=1S/C15H21NO2/c1-2-18-15-8-12(4-6-14(15)17)10-16-9-11-3-5-13(16)7-11/h4,6,8,11,13,17H,2-3,5,7,9-10H2,1H3. The Balaban J connectivity index is 1.71. The lowest BCUT2D eigenvalue weighted by Gasteiger charge is -2.26. The first kappa shape index (κ1) is 11.8. The molecule has 2 bridgehead atoms. The van der Waals surface area contributed by atoms with Crippen LogP contribution in [0.2, 0.25) is 0 Å². The Morgan fingerprint density at radius 3 is 2.94 bits per heavy atom. The molecule has 2 aliphatic rings. The molecule has 0 radical (unpaired) electrons. The van der Waals surface area contributed by atoms with Crippen molar-refractivity contribution in [2.75, 3.05) is 13.2 Å². The van der Waals surface area contributed by atoms with Gasteiger partial charge in [0.2, 0.25) is 0 Å². The topological polar surface area (TPSA) is 32.7 Å². The highest BCUT2D eigenvalue weighted by Gasteiger charge is 2.37. The van der Waals surface area contributed by atoms with Gasteiger partial charge in [0.05, 0.1) is 6.61 Å². The van der Waals surface area contributed by atoms with Gasteiger partial charge in [-0.25, -0.2) is 0 Å². The Hall–Kier alpha value is -1.22. The fourth-order valence-electron chi connectivity index (χ4n) is 3.38. The molecule has 1 saturated carbocycles. The highest BCUT2D eigenvalue weighted by atomic mass is 16.5. The Kier molecular flexibility index (Phi) is 3.16. The molecule has 1 saturated heterocycles. The van der Waals surface area contributed by atoms with E-state index in [1.165, 1.54) is 31.4 Å². The summed E-state index contributed by atoms with van der Waals surface area (Å²) < 4.78 is 5.44. The van der Waals surface area contributed by atoms with Crippen molar-refractivity contribution in [1.29, 1.82) is 0 Å². The Bertz CT molecular complexity index is 433. The SMILES string of the molecule is CCOc1cc(CN2CC3CCC2C3)ccc1O. The molecule has 18 heavy (non-hydrogen) atoms. The first-order valence-electron chi connectivity index (χ1n) is 6.95. The van der Waals surface area contributed by atoms with Crippen LogP contribution in [0.15, 0.2) is 18.2 Å². The van der Waals surface area contributed by atoms with Gasteiger partial charge in [0, 0.05) is 19.1 Å². The van der Waals surface area contributed by atoms with Crippen molar-refractivity contribution >= 4 is 0 Å². The van der Waals surface area contributed by atoms with Crippen LogP contribution in [0.5, 0.6) is 11.5 Å². The van der Waals surface area contributed by atoms with Gasteiger partial charge in [-0.1, -0.05) is 6.07 Å². The van der Waals surface area contributed by atoms with Crippen LogP contribution in [0.3, 0.4) is 0 Å². The van der Waals surface area contributed by atoms with E-state index >= 15 is 0 Å². The summed E-state index contributed by atoms with van der Waals surface area (Å²) in [7, 11) is 0. The number of phenolic OH excluding ortho intramolecular Hbond substituents is 1. The largest absolute Gasteiger partial charge is 0.504 e. The highest BCUT2D eigenvalue weighted by molar-refractivity contribution is 5.41. The van der Waals surface area contributed by atoms with Gasteiger partial charge >= 0.3 is 0 Å². The number of likely N-dealkylation sites (tertiary alicyclic amines) is 1. The Labute approximate surface area is 108 Å². The number of hydrogen-bond donors (Lipinski definition) is 1. The minimum absolute atomic E-state index is 0.239. The third-order valence-corrected chi connectivity index (χ3v) is 4.23. The molecule has 1 aliphatic carbocycles. The van der Waals surface area contributed by atoms with Gasteiger partial charge in [0.25, 0.3) is 0 Å². The van der Waals surface area contributed by atoms with E-state index in [2.05, 4.69) is 4.90 Å². The first-order valence-corrected chi connectivity index (χ1v) is 6.95. The number of hydrogen-bond acceptors (Lipinski definition) is 3. The van der Waals surface area contributed by atoms with Gasteiger partial charge in [-0.3, -0.25) is 4.90 Å². The second kappa shape index (κ2) is 4.81. The summed E-state index contributed by atoms with van der Waals surface area (Å²) in [6, 6.07) is 6.52. The summed E-state index contributed by atoms with van der Waals surface area (Å²) in [4.78, 5) is 2.58. The van der Waals surface area contributed by atoms with Gasteiger partial charge < -0.3 is 9.84 Å². The van der Waals surface area contributed by atoms with Gasteiger partial charge in [-0.2, -0.15) is 0 Å². The summed E-state index contributed by atoms with van der Waals surface area (Å²) in [5, 5.41) is 9.69. The fourth-order valence-corrected chi connectivity index (χ4v) is 3.38. The zero-order valence-electron chi connectivity index (χ0n) is 10.9. The second-order valence-corrected chi connectivity index (χ2v) is 5.50. The average Bonchev–Trinajstić information content (AvgIpc) is 2.96. The van der Waals surface area contributed by atoms with Crippen molar-refractivity contribution < 1.29 is 9.84 Å². The van der Waals surface area contributed by atoms with Crippen molar-refractivity contribution in [2.24, 2.45) is 5.92 Å². The number of phenols is 1. The van der Waals surface area contributed by atoms with Gasteiger partial charge in [0.15, 0.2) is 11.5 Å². The zero-order valence-corrected chi connectivity index (χ0v) is 10.9. The van der Waals surface area contributed by atoms with Crippen molar-refractivity contribution in [1.82, 2.24) is 4.90 Å². The van der Waals surface area contributed by atoms with E-state index < -0.39 is 0 Å². The normalized spacial score (nSPS) is 26.7. The molecule has 1 heterocycles. The number of aromatic hydroxyl groups is 1. The molecule has 0 aromatic heterocycles. The molecule has 1 aromatic rings. The number of rotatable bonds is 4. The summed E-state index contributed by atoms with van der Waals surface area (Å²) >= 11 is 0. The molecule has 0 amide bonds. The number of piperidine rings is 1. The molecule has 3 nitrogen and oxygen atoms in total. The lowest BCUT2D eigenvalue weighted by molar-refractivity contribution is 0.205. The summed E-state index contributed by atoms with van der Waals surface area (Å²) in [5.41, 5.74) is 1.24. The number of benzene rings is 1. The molecule has 2 atom stereocenters. The number of fused-ring (bicyclic) bond motifs is 2. The van der Waals surface area contributed by atoms with Crippen LogP contribution in [0, 0.1) is 5.92 Å². The van der Waals surface area contributed by atoms with Crippen LogP contribution in [0.1, 0.15) is 31.7 Å². The predicted molar refractivity (Wildman–Crippen MR) is 70.8 cm³/mol. The van der Waals surface area contributed by atoms with Gasteiger partial charge in [0.1, 0.15) is 0 Å². The molecular formula is C15H21NO2. The Morgan fingerprint density at radius 2 is 2.28 bits per heavy atom. The molecule has 1 aromatic carbocycles. The highest BCUT2D eigenvalue weighted by Crippen LogP contribution is 2.38. The maximum atomic E-state index is 9.69. The summed E-state index contributed by atoms with van der Waals surface area (Å²) in [5.74, 6) is 1.78. The number of ether oxygens (including phenoxy) is 1. The van der Waals surface area contributed by atoms with Crippen LogP contribution in [-0.2, 0) is 6.54 Å². The smallest absolute Gasteiger partial charge is 0.161 e. The van der Waals surface area contributed by atoms with E-state index in [0.29, 0.717) is 12.4 Å². The average molecular weight is 247 g/mol. The molecule has 3 rings (SSSR count). The minimum Gasteiger partial charge on any atom is -0.504 e. The molecule has 1 N–H and O–H groups in total. The quantitative estimate of drug-likeness (QED) is 0.888. The van der Waals surface area contributed by atoms with Crippen molar-refractivity contribution in [3.05, 3.63) is 23.8 Å². The van der Waals surface area contributed by atoms with Crippen molar-refractivity contribution in [3.8, 4) is 11.5 Å². The lowest BCUT2D eigenvalue weighted by atomic mass is 10.1. The zero-order chi connectivity index (χ0) is 12.5.